The van der Waals surface area contributed by atoms with Gasteiger partial charge in [0.1, 0.15) is 0 Å². The topological polar surface area (TPSA) is 60.9 Å². The Balaban J connectivity index is 1.85. The number of hydrogen-bond donors (Lipinski definition) is 1. The quantitative estimate of drug-likeness (QED) is 0.791. The molecule has 1 N–H and O–H groups in total. The van der Waals surface area contributed by atoms with Crippen LogP contribution in [0.3, 0.4) is 0 Å². The molecule has 1 atom stereocenters. The molecule has 0 aromatic heterocycles. The van der Waals surface area contributed by atoms with Crippen molar-refractivity contribution in [3.05, 3.63) is 0 Å². The van der Waals surface area contributed by atoms with Crippen molar-refractivity contribution in [1.29, 1.82) is 0 Å². The van der Waals surface area contributed by atoms with E-state index in [0.717, 1.165) is 25.9 Å². The molecule has 0 aromatic carbocycles. The maximum atomic E-state index is 12.4. The standard InChI is InChI=1S/C14H24N2O3/c1-11-3-2-7-15(8-4-11)14(19)16-9-5-12(6-10-16)13(17)18/h11-12H,2-10H2,1H3,(H,17,18). The second-order valence-corrected chi connectivity index (χ2v) is 5.91. The third kappa shape index (κ3) is 3.61. The van der Waals surface area contributed by atoms with Crippen LogP contribution in [0.4, 0.5) is 4.79 Å². The van der Waals surface area contributed by atoms with Crippen LogP contribution in [0, 0.1) is 11.8 Å². The molecule has 19 heavy (non-hydrogen) atoms. The number of nitrogens with zero attached hydrogens (tertiary/aromatic N) is 2. The first-order chi connectivity index (χ1) is 9.08. The third-order valence-corrected chi connectivity index (χ3v) is 4.40. The van der Waals surface area contributed by atoms with Gasteiger partial charge >= 0.3 is 12.0 Å². The lowest BCUT2D eigenvalue weighted by molar-refractivity contribution is -0.143. The fourth-order valence-electron chi connectivity index (χ4n) is 2.97. The summed E-state index contributed by atoms with van der Waals surface area (Å²) in [6, 6.07) is 0.109. The summed E-state index contributed by atoms with van der Waals surface area (Å²) in [6.45, 7) is 5.11. The zero-order chi connectivity index (χ0) is 13.8. The van der Waals surface area contributed by atoms with Crippen molar-refractivity contribution in [1.82, 2.24) is 9.80 Å². The van der Waals surface area contributed by atoms with Gasteiger partial charge in [0.15, 0.2) is 0 Å². The fraction of sp³-hybridized carbons (Fsp3) is 0.857. The number of carboxylic acid groups (broad SMARTS) is 1. The molecule has 5 heteroatoms. The van der Waals surface area contributed by atoms with Crippen molar-refractivity contribution in [3.63, 3.8) is 0 Å². The zero-order valence-corrected chi connectivity index (χ0v) is 11.7. The van der Waals surface area contributed by atoms with Crippen LogP contribution in [0.25, 0.3) is 0 Å². The van der Waals surface area contributed by atoms with E-state index in [-0.39, 0.29) is 11.9 Å². The van der Waals surface area contributed by atoms with Crippen molar-refractivity contribution in [2.45, 2.75) is 39.0 Å². The summed E-state index contributed by atoms with van der Waals surface area (Å²) in [5, 5.41) is 8.96. The summed E-state index contributed by atoms with van der Waals surface area (Å²) in [5.74, 6) is -0.292. The van der Waals surface area contributed by atoms with Gasteiger partial charge in [0.05, 0.1) is 5.92 Å². The number of likely N-dealkylation sites (tertiary alicyclic amines) is 2. The first-order valence-electron chi connectivity index (χ1n) is 7.34. The Bertz CT molecular complexity index is 338. The van der Waals surface area contributed by atoms with Crippen LogP contribution in [-0.2, 0) is 4.79 Å². The smallest absolute Gasteiger partial charge is 0.319 e. The summed E-state index contributed by atoms with van der Waals surface area (Å²) in [4.78, 5) is 27.1. The number of aliphatic carboxylic acids is 1. The van der Waals surface area contributed by atoms with E-state index in [0.29, 0.717) is 31.8 Å². The minimum Gasteiger partial charge on any atom is -0.481 e. The molecular formula is C14H24N2O3. The van der Waals surface area contributed by atoms with Crippen LogP contribution in [0.1, 0.15) is 39.0 Å². The Morgan fingerprint density at radius 2 is 1.53 bits per heavy atom. The van der Waals surface area contributed by atoms with Crippen LogP contribution in [0.2, 0.25) is 0 Å². The average molecular weight is 268 g/mol. The Labute approximate surface area is 114 Å². The summed E-state index contributed by atoms with van der Waals surface area (Å²) in [6.07, 6.45) is 4.54. The predicted molar refractivity (Wildman–Crippen MR) is 71.9 cm³/mol. The van der Waals surface area contributed by atoms with Gasteiger partial charge in [-0.15, -0.1) is 0 Å². The van der Waals surface area contributed by atoms with Gasteiger partial charge in [-0.2, -0.15) is 0 Å². The van der Waals surface area contributed by atoms with E-state index in [1.807, 2.05) is 9.80 Å². The lowest BCUT2D eigenvalue weighted by Crippen LogP contribution is -2.47. The number of carbonyl (C=O) groups excluding carboxylic acids is 1. The van der Waals surface area contributed by atoms with Crippen LogP contribution < -0.4 is 0 Å². The number of carbonyl (C=O) groups is 2. The molecule has 2 rings (SSSR count). The third-order valence-electron chi connectivity index (χ3n) is 4.40. The van der Waals surface area contributed by atoms with Crippen LogP contribution in [0.15, 0.2) is 0 Å². The van der Waals surface area contributed by atoms with E-state index in [9.17, 15) is 9.59 Å². The lowest BCUT2D eigenvalue weighted by Gasteiger charge is -2.34. The second kappa shape index (κ2) is 6.26. The molecule has 2 amide bonds. The predicted octanol–water partition coefficient (Wildman–Crippen LogP) is 2.03. The minimum absolute atomic E-state index is 0.109. The van der Waals surface area contributed by atoms with E-state index in [4.69, 9.17) is 5.11 Å². The summed E-state index contributed by atoms with van der Waals surface area (Å²) in [7, 11) is 0. The first-order valence-corrected chi connectivity index (χ1v) is 7.34. The second-order valence-electron chi connectivity index (χ2n) is 5.91. The van der Waals surface area contributed by atoms with Gasteiger partial charge in [-0.1, -0.05) is 6.92 Å². The summed E-state index contributed by atoms with van der Waals surface area (Å²) < 4.78 is 0. The maximum absolute atomic E-state index is 12.4. The Morgan fingerprint density at radius 1 is 0.947 bits per heavy atom. The molecule has 2 aliphatic rings. The molecule has 5 nitrogen and oxygen atoms in total. The van der Waals surface area contributed by atoms with Crippen LogP contribution in [0.5, 0.6) is 0 Å². The molecule has 108 valence electrons. The Hall–Kier alpha value is -1.26. The van der Waals surface area contributed by atoms with Crippen molar-refractivity contribution in [3.8, 4) is 0 Å². The molecule has 1 unspecified atom stereocenters. The van der Waals surface area contributed by atoms with Gasteiger partial charge in [0, 0.05) is 26.2 Å². The fourth-order valence-corrected chi connectivity index (χ4v) is 2.97. The average Bonchev–Trinajstić information content (AvgIpc) is 2.63. The van der Waals surface area contributed by atoms with Gasteiger partial charge in [-0.3, -0.25) is 4.79 Å². The molecule has 2 heterocycles. The van der Waals surface area contributed by atoms with Gasteiger partial charge in [0.2, 0.25) is 0 Å². The highest BCUT2D eigenvalue weighted by Crippen LogP contribution is 2.21. The zero-order valence-electron chi connectivity index (χ0n) is 11.7. The van der Waals surface area contributed by atoms with E-state index in [2.05, 4.69) is 6.92 Å². The van der Waals surface area contributed by atoms with Gasteiger partial charge in [0.25, 0.3) is 0 Å². The maximum Gasteiger partial charge on any atom is 0.319 e. The van der Waals surface area contributed by atoms with E-state index in [1.54, 1.807) is 0 Å². The highest BCUT2D eigenvalue weighted by atomic mass is 16.4. The van der Waals surface area contributed by atoms with Gasteiger partial charge in [-0.25, -0.2) is 4.79 Å². The minimum atomic E-state index is -0.726. The highest BCUT2D eigenvalue weighted by molar-refractivity contribution is 5.75. The SMILES string of the molecule is CC1CCCN(C(=O)N2CCC(C(=O)O)CC2)CC1. The van der Waals surface area contributed by atoms with Crippen molar-refractivity contribution in [2.24, 2.45) is 11.8 Å². The van der Waals surface area contributed by atoms with Gasteiger partial charge < -0.3 is 14.9 Å². The van der Waals surface area contributed by atoms with Crippen LogP contribution in [-0.4, -0.2) is 53.1 Å². The summed E-state index contributed by atoms with van der Waals surface area (Å²) >= 11 is 0. The molecule has 0 radical (unpaired) electrons. The normalized spacial score (nSPS) is 26.1. The monoisotopic (exact) mass is 268 g/mol. The van der Waals surface area contributed by atoms with Gasteiger partial charge in [-0.05, 0) is 38.0 Å². The van der Waals surface area contributed by atoms with Crippen molar-refractivity contribution in [2.75, 3.05) is 26.2 Å². The summed E-state index contributed by atoms with van der Waals surface area (Å²) in [5.41, 5.74) is 0. The van der Waals surface area contributed by atoms with E-state index >= 15 is 0 Å². The number of urea groups is 1. The largest absolute Gasteiger partial charge is 0.481 e. The van der Waals surface area contributed by atoms with Crippen LogP contribution >= 0.6 is 0 Å². The number of amides is 2. The first kappa shape index (κ1) is 14.2. The number of hydrogen-bond acceptors (Lipinski definition) is 2. The molecule has 0 spiro atoms. The number of carboxylic acids is 1. The van der Waals surface area contributed by atoms with Crippen molar-refractivity contribution >= 4 is 12.0 Å². The molecule has 0 aliphatic carbocycles. The molecule has 0 aromatic rings. The molecule has 2 saturated heterocycles. The Kier molecular flexibility index (Phi) is 4.66. The van der Waals surface area contributed by atoms with E-state index in [1.165, 1.54) is 6.42 Å². The Morgan fingerprint density at radius 3 is 2.16 bits per heavy atom. The molecule has 2 aliphatic heterocycles. The number of piperidine rings is 1. The van der Waals surface area contributed by atoms with Crippen molar-refractivity contribution < 1.29 is 14.7 Å². The number of rotatable bonds is 1. The van der Waals surface area contributed by atoms with E-state index < -0.39 is 5.97 Å². The molecule has 2 fully saturated rings. The highest BCUT2D eigenvalue weighted by Gasteiger charge is 2.29. The lowest BCUT2D eigenvalue weighted by atomic mass is 9.97. The molecule has 0 saturated carbocycles. The molecule has 0 bridgehead atoms. The molecular weight excluding hydrogens is 244 g/mol.